The lowest BCUT2D eigenvalue weighted by Crippen LogP contribution is -2.29. The normalized spacial score (nSPS) is 14.3. The van der Waals surface area contributed by atoms with Gasteiger partial charge in [0.1, 0.15) is 5.00 Å². The number of carboxylic acids is 1. The van der Waals surface area contributed by atoms with Gasteiger partial charge in [-0.3, -0.25) is 4.90 Å². The molecule has 2 aromatic rings. The van der Waals surface area contributed by atoms with Crippen molar-refractivity contribution in [3.05, 3.63) is 51.9 Å². The van der Waals surface area contributed by atoms with E-state index in [1.54, 1.807) is 0 Å². The Hall–Kier alpha value is -1.56. The number of carboxylic acid groups (broad SMARTS) is 1. The highest BCUT2D eigenvalue weighted by molar-refractivity contribution is 7.16. The van der Waals surface area contributed by atoms with Gasteiger partial charge >= 0.3 is 5.97 Å². The summed E-state index contributed by atoms with van der Waals surface area (Å²) in [7, 11) is 0. The number of benzene rings is 1. The van der Waals surface area contributed by atoms with E-state index in [1.807, 2.05) is 18.2 Å². The molecule has 0 spiro atoms. The van der Waals surface area contributed by atoms with Gasteiger partial charge < -0.3 is 10.8 Å². The number of thiophene rings is 1. The number of rotatable bonds is 3. The van der Waals surface area contributed by atoms with E-state index in [2.05, 4.69) is 17.0 Å². The molecule has 1 aliphatic rings. The minimum atomic E-state index is -0.906. The Bertz CT molecular complexity index is 643. The van der Waals surface area contributed by atoms with E-state index in [4.69, 9.17) is 5.73 Å². The van der Waals surface area contributed by atoms with Crippen molar-refractivity contribution in [2.75, 3.05) is 12.3 Å². The number of anilines is 1. The maximum absolute atomic E-state index is 11.2. The van der Waals surface area contributed by atoms with E-state index >= 15 is 0 Å². The third kappa shape index (κ3) is 3.20. The summed E-state index contributed by atoms with van der Waals surface area (Å²) in [5.41, 5.74) is 8.37. The molecule has 2 heterocycles. The molecular weight excluding hydrogens is 308 g/mol. The molecule has 1 aromatic carbocycles. The second kappa shape index (κ2) is 6.47. The van der Waals surface area contributed by atoms with Gasteiger partial charge in [0.2, 0.25) is 0 Å². The topological polar surface area (TPSA) is 66.6 Å². The van der Waals surface area contributed by atoms with Crippen molar-refractivity contribution >= 4 is 34.7 Å². The first-order chi connectivity index (χ1) is 9.65. The Morgan fingerprint density at radius 3 is 2.71 bits per heavy atom. The van der Waals surface area contributed by atoms with Crippen molar-refractivity contribution in [1.82, 2.24) is 4.90 Å². The number of aromatic carboxylic acids is 1. The van der Waals surface area contributed by atoms with Gasteiger partial charge in [-0.25, -0.2) is 4.79 Å². The Kier molecular flexibility index (Phi) is 4.88. The first-order valence-electron chi connectivity index (χ1n) is 6.54. The first kappa shape index (κ1) is 15.8. The molecule has 6 heteroatoms. The Labute approximate surface area is 133 Å². The molecular formula is C15H17ClN2O2S. The van der Waals surface area contributed by atoms with Crippen LogP contribution in [0.3, 0.4) is 0 Å². The SMILES string of the molecule is Cl.Nc1sc2c(c1C(=O)O)CCN(Cc1ccccc1)C2. The molecule has 4 nitrogen and oxygen atoms in total. The average Bonchev–Trinajstić information content (AvgIpc) is 2.75. The van der Waals surface area contributed by atoms with Crippen molar-refractivity contribution in [2.24, 2.45) is 0 Å². The lowest BCUT2D eigenvalue weighted by Gasteiger charge is -2.26. The molecule has 0 atom stereocenters. The van der Waals surface area contributed by atoms with Crippen LogP contribution in [0.15, 0.2) is 30.3 Å². The standard InChI is InChI=1S/C15H16N2O2S.ClH/c16-14-13(15(18)19)11-6-7-17(9-12(11)20-14)8-10-4-2-1-3-5-10;/h1-5H,6-9,16H2,(H,18,19);1H. The van der Waals surface area contributed by atoms with Gasteiger partial charge in [-0.15, -0.1) is 23.7 Å². The van der Waals surface area contributed by atoms with Gasteiger partial charge in [0.15, 0.2) is 0 Å². The molecule has 0 aliphatic carbocycles. The minimum absolute atomic E-state index is 0. The molecule has 112 valence electrons. The van der Waals surface area contributed by atoms with Crippen LogP contribution in [-0.2, 0) is 19.5 Å². The number of fused-ring (bicyclic) bond motifs is 1. The zero-order valence-corrected chi connectivity index (χ0v) is 13.0. The monoisotopic (exact) mass is 324 g/mol. The van der Waals surface area contributed by atoms with Gasteiger partial charge in [0.05, 0.1) is 5.56 Å². The van der Waals surface area contributed by atoms with E-state index in [0.717, 1.165) is 36.5 Å². The fourth-order valence-electron chi connectivity index (χ4n) is 2.69. The van der Waals surface area contributed by atoms with Gasteiger partial charge in [0, 0.05) is 24.5 Å². The highest BCUT2D eigenvalue weighted by Crippen LogP contribution is 2.35. The predicted molar refractivity (Wildman–Crippen MR) is 87.2 cm³/mol. The van der Waals surface area contributed by atoms with E-state index in [-0.39, 0.29) is 12.4 Å². The second-order valence-corrected chi connectivity index (χ2v) is 6.13. The molecule has 0 saturated carbocycles. The molecule has 1 aromatic heterocycles. The highest BCUT2D eigenvalue weighted by Gasteiger charge is 2.26. The van der Waals surface area contributed by atoms with Gasteiger partial charge in [-0.05, 0) is 17.5 Å². The van der Waals surface area contributed by atoms with Crippen molar-refractivity contribution in [1.29, 1.82) is 0 Å². The summed E-state index contributed by atoms with van der Waals surface area (Å²) in [5, 5.41) is 9.66. The highest BCUT2D eigenvalue weighted by atomic mass is 35.5. The van der Waals surface area contributed by atoms with Gasteiger partial charge in [-0.2, -0.15) is 0 Å². The summed E-state index contributed by atoms with van der Waals surface area (Å²) >= 11 is 1.41. The summed E-state index contributed by atoms with van der Waals surface area (Å²) in [6.07, 6.45) is 0.761. The van der Waals surface area contributed by atoms with Crippen LogP contribution < -0.4 is 5.73 Å². The lowest BCUT2D eigenvalue weighted by atomic mass is 10.0. The summed E-state index contributed by atoms with van der Waals surface area (Å²) < 4.78 is 0. The largest absolute Gasteiger partial charge is 0.478 e. The van der Waals surface area contributed by atoms with Crippen molar-refractivity contribution in [3.63, 3.8) is 0 Å². The van der Waals surface area contributed by atoms with Gasteiger partial charge in [-0.1, -0.05) is 30.3 Å². The van der Waals surface area contributed by atoms with Crippen LogP contribution in [-0.4, -0.2) is 22.5 Å². The zero-order chi connectivity index (χ0) is 14.1. The fraction of sp³-hybridized carbons (Fsp3) is 0.267. The number of hydrogen-bond acceptors (Lipinski definition) is 4. The Balaban J connectivity index is 0.00000161. The van der Waals surface area contributed by atoms with E-state index in [1.165, 1.54) is 16.9 Å². The van der Waals surface area contributed by atoms with E-state index in [0.29, 0.717) is 10.6 Å². The molecule has 0 unspecified atom stereocenters. The maximum Gasteiger partial charge on any atom is 0.338 e. The summed E-state index contributed by atoms with van der Waals surface area (Å²) in [6.45, 7) is 2.55. The summed E-state index contributed by atoms with van der Waals surface area (Å²) in [4.78, 5) is 14.7. The molecule has 0 amide bonds. The van der Waals surface area contributed by atoms with Crippen molar-refractivity contribution in [2.45, 2.75) is 19.5 Å². The molecule has 3 rings (SSSR count). The van der Waals surface area contributed by atoms with Crippen LogP contribution in [0.4, 0.5) is 5.00 Å². The van der Waals surface area contributed by atoms with Crippen LogP contribution in [0.2, 0.25) is 0 Å². The quantitative estimate of drug-likeness (QED) is 0.910. The van der Waals surface area contributed by atoms with Crippen molar-refractivity contribution < 1.29 is 9.90 Å². The lowest BCUT2D eigenvalue weighted by molar-refractivity contribution is 0.0696. The predicted octanol–water partition coefficient (Wildman–Crippen LogP) is 3.01. The summed E-state index contributed by atoms with van der Waals surface area (Å²) in [5.74, 6) is -0.906. The first-order valence-corrected chi connectivity index (χ1v) is 7.36. The van der Waals surface area contributed by atoms with Crippen LogP contribution in [0.25, 0.3) is 0 Å². The van der Waals surface area contributed by atoms with Crippen molar-refractivity contribution in [3.8, 4) is 0 Å². The molecule has 21 heavy (non-hydrogen) atoms. The van der Waals surface area contributed by atoms with Gasteiger partial charge in [0.25, 0.3) is 0 Å². The Morgan fingerprint density at radius 2 is 2.05 bits per heavy atom. The molecule has 0 fully saturated rings. The third-order valence-corrected chi connectivity index (χ3v) is 4.67. The van der Waals surface area contributed by atoms with Crippen LogP contribution in [0.1, 0.15) is 26.4 Å². The molecule has 1 aliphatic heterocycles. The van der Waals surface area contributed by atoms with Crippen LogP contribution in [0.5, 0.6) is 0 Å². The number of nitrogen functional groups attached to an aromatic ring is 1. The molecule has 0 bridgehead atoms. The summed E-state index contributed by atoms with van der Waals surface area (Å²) in [6, 6.07) is 10.3. The number of hydrogen-bond donors (Lipinski definition) is 2. The molecule has 0 saturated heterocycles. The van der Waals surface area contributed by atoms with Crippen LogP contribution >= 0.6 is 23.7 Å². The third-order valence-electron chi connectivity index (χ3n) is 3.63. The van der Waals surface area contributed by atoms with E-state index in [9.17, 15) is 9.90 Å². The second-order valence-electron chi connectivity index (χ2n) is 4.99. The fourth-order valence-corrected chi connectivity index (χ4v) is 3.84. The molecule has 0 radical (unpaired) electrons. The minimum Gasteiger partial charge on any atom is -0.478 e. The van der Waals surface area contributed by atoms with Crippen LogP contribution in [0, 0.1) is 0 Å². The molecule has 3 N–H and O–H groups in total. The number of halogens is 1. The number of nitrogens with two attached hydrogens (primary N) is 1. The average molecular weight is 325 g/mol. The smallest absolute Gasteiger partial charge is 0.338 e. The Morgan fingerprint density at radius 1 is 1.33 bits per heavy atom. The number of carbonyl (C=O) groups is 1. The number of nitrogens with zero attached hydrogens (tertiary/aromatic N) is 1. The maximum atomic E-state index is 11.2. The van der Waals surface area contributed by atoms with E-state index < -0.39 is 5.97 Å². The zero-order valence-electron chi connectivity index (χ0n) is 11.4.